The smallest absolute Gasteiger partial charge is 0.120 e. The number of hydrogen-bond acceptors (Lipinski definition) is 0. The van der Waals surface area contributed by atoms with Gasteiger partial charge in [-0.1, -0.05) is 26.6 Å². The van der Waals surface area contributed by atoms with E-state index in [-0.39, 0.29) is 0 Å². The van der Waals surface area contributed by atoms with Crippen LogP contribution in [-0.2, 0) is 0 Å². The minimum Gasteiger partial charge on any atom is -0.120 e. The first-order valence-electron chi connectivity index (χ1n) is 2.94. The summed E-state index contributed by atoms with van der Waals surface area (Å²) in [6.45, 7) is 7.25. The van der Waals surface area contributed by atoms with Crippen LogP contribution in [0.1, 0.15) is 13.3 Å². The average molecular weight is 96.0 g/mol. The van der Waals surface area contributed by atoms with E-state index >= 15 is 0 Å². The van der Waals surface area contributed by atoms with Crippen LogP contribution >= 0.6 is 0 Å². The first kappa shape index (κ1) is 6.80. The Morgan fingerprint density at radius 1 is 1.43 bits per heavy atom. The molecular formula is C6H13B. The van der Waals surface area contributed by atoms with E-state index in [9.17, 15) is 0 Å². The van der Waals surface area contributed by atoms with Crippen molar-refractivity contribution in [3.05, 3.63) is 12.1 Å². The lowest BCUT2D eigenvalue weighted by atomic mass is 9.55. The number of allylic oxidation sites excluding steroid dienone is 1. The molecule has 0 aromatic rings. The summed E-state index contributed by atoms with van der Waals surface area (Å²) in [5.41, 5.74) is 0. The van der Waals surface area contributed by atoms with Crippen LogP contribution in [0.3, 0.4) is 0 Å². The highest BCUT2D eigenvalue weighted by Crippen LogP contribution is 1.84. The van der Waals surface area contributed by atoms with Crippen molar-refractivity contribution in [3.8, 4) is 0 Å². The Bertz CT molecular complexity index is 55.2. The van der Waals surface area contributed by atoms with Crippen molar-refractivity contribution in [1.82, 2.24) is 0 Å². The SMILES string of the molecule is CC/C=C\B(C)C. The maximum absolute atomic E-state index is 2.22. The van der Waals surface area contributed by atoms with Gasteiger partial charge in [-0.15, -0.1) is 5.98 Å². The highest BCUT2D eigenvalue weighted by Gasteiger charge is 1.85. The summed E-state index contributed by atoms with van der Waals surface area (Å²) in [4.78, 5) is 0. The van der Waals surface area contributed by atoms with E-state index in [1.165, 1.54) is 0 Å². The van der Waals surface area contributed by atoms with Crippen LogP contribution in [0, 0.1) is 0 Å². The first-order chi connectivity index (χ1) is 3.27. The minimum atomic E-state index is 0.722. The fraction of sp³-hybridized carbons (Fsp3) is 0.667. The fourth-order valence-corrected chi connectivity index (χ4v) is 0.408. The molecule has 0 heterocycles. The minimum absolute atomic E-state index is 0.722. The summed E-state index contributed by atoms with van der Waals surface area (Å²) in [5.74, 6) is 2.22. The molecule has 0 rings (SSSR count). The van der Waals surface area contributed by atoms with Crippen molar-refractivity contribution in [3.63, 3.8) is 0 Å². The predicted octanol–water partition coefficient (Wildman–Crippen LogP) is 2.25. The third kappa shape index (κ3) is 5.80. The highest BCUT2D eigenvalue weighted by atomic mass is 13.6. The molecule has 0 aliphatic carbocycles. The Morgan fingerprint density at radius 3 is 2.14 bits per heavy atom. The van der Waals surface area contributed by atoms with Gasteiger partial charge in [0.2, 0.25) is 0 Å². The molecule has 0 amide bonds. The number of hydrogen-bond donors (Lipinski definition) is 0. The van der Waals surface area contributed by atoms with Gasteiger partial charge in [0, 0.05) is 0 Å². The zero-order chi connectivity index (χ0) is 5.70. The molecule has 0 saturated carbocycles. The van der Waals surface area contributed by atoms with E-state index in [1.807, 2.05) is 0 Å². The summed E-state index contributed by atoms with van der Waals surface area (Å²) >= 11 is 0. The van der Waals surface area contributed by atoms with E-state index < -0.39 is 0 Å². The van der Waals surface area contributed by atoms with Gasteiger partial charge in [0.15, 0.2) is 6.71 Å². The van der Waals surface area contributed by atoms with Crippen LogP contribution in [-0.4, -0.2) is 6.71 Å². The van der Waals surface area contributed by atoms with Crippen LogP contribution < -0.4 is 0 Å². The lowest BCUT2D eigenvalue weighted by molar-refractivity contribution is 1.23. The molecular weight excluding hydrogens is 82.9 g/mol. The summed E-state index contributed by atoms with van der Waals surface area (Å²) in [5, 5.41) is 0. The molecule has 7 heavy (non-hydrogen) atoms. The van der Waals surface area contributed by atoms with Crippen LogP contribution in [0.2, 0.25) is 13.6 Å². The van der Waals surface area contributed by atoms with Crippen molar-refractivity contribution in [2.45, 2.75) is 27.0 Å². The van der Waals surface area contributed by atoms with E-state index in [2.05, 4.69) is 32.6 Å². The average Bonchev–Trinajstić information content (AvgIpc) is 1.61. The third-order valence-corrected chi connectivity index (χ3v) is 0.757. The maximum atomic E-state index is 2.22. The fourth-order valence-electron chi connectivity index (χ4n) is 0.408. The van der Waals surface area contributed by atoms with Gasteiger partial charge in [0.1, 0.15) is 0 Å². The van der Waals surface area contributed by atoms with Gasteiger partial charge in [-0.25, -0.2) is 0 Å². The van der Waals surface area contributed by atoms with Gasteiger partial charge in [-0.3, -0.25) is 0 Å². The Kier molecular flexibility index (Phi) is 3.87. The molecule has 0 atom stereocenters. The van der Waals surface area contributed by atoms with Gasteiger partial charge in [0.05, 0.1) is 0 Å². The number of rotatable bonds is 2. The molecule has 0 unspecified atom stereocenters. The summed E-state index contributed by atoms with van der Waals surface area (Å²) in [6.07, 6.45) is 3.36. The van der Waals surface area contributed by atoms with Crippen LogP contribution in [0.4, 0.5) is 0 Å². The van der Waals surface area contributed by atoms with Gasteiger partial charge in [-0.2, -0.15) is 0 Å². The first-order valence-corrected chi connectivity index (χ1v) is 2.94. The molecule has 40 valence electrons. The van der Waals surface area contributed by atoms with Crippen molar-refractivity contribution >= 4 is 6.71 Å². The lowest BCUT2D eigenvalue weighted by Crippen LogP contribution is -1.91. The molecule has 0 aromatic heterocycles. The maximum Gasteiger partial charge on any atom is 0.159 e. The third-order valence-electron chi connectivity index (χ3n) is 0.757. The zero-order valence-electron chi connectivity index (χ0n) is 5.44. The highest BCUT2D eigenvalue weighted by molar-refractivity contribution is 6.61. The largest absolute Gasteiger partial charge is 0.159 e. The van der Waals surface area contributed by atoms with E-state index in [4.69, 9.17) is 0 Å². The second-order valence-corrected chi connectivity index (χ2v) is 2.08. The molecule has 0 N–H and O–H groups in total. The van der Waals surface area contributed by atoms with Crippen molar-refractivity contribution < 1.29 is 0 Å². The topological polar surface area (TPSA) is 0 Å². The molecule has 0 spiro atoms. The van der Waals surface area contributed by atoms with Crippen molar-refractivity contribution in [2.24, 2.45) is 0 Å². The summed E-state index contributed by atoms with van der Waals surface area (Å²) < 4.78 is 0. The van der Waals surface area contributed by atoms with Gasteiger partial charge < -0.3 is 0 Å². The molecule has 1 heteroatoms. The van der Waals surface area contributed by atoms with E-state index in [0.717, 1.165) is 13.1 Å². The summed E-state index contributed by atoms with van der Waals surface area (Å²) in [6, 6.07) is 0. The Balaban J connectivity index is 3.08. The molecule has 0 bridgehead atoms. The Morgan fingerprint density at radius 2 is 2.00 bits per heavy atom. The van der Waals surface area contributed by atoms with E-state index in [0.29, 0.717) is 0 Å². The van der Waals surface area contributed by atoms with Crippen LogP contribution in [0.15, 0.2) is 12.1 Å². The molecule has 0 nitrogen and oxygen atoms in total. The monoisotopic (exact) mass is 96.1 g/mol. The summed E-state index contributed by atoms with van der Waals surface area (Å²) in [7, 11) is 0. The second kappa shape index (κ2) is 3.98. The lowest BCUT2D eigenvalue weighted by Gasteiger charge is -1.83. The van der Waals surface area contributed by atoms with Crippen LogP contribution in [0.5, 0.6) is 0 Å². The molecule has 0 saturated heterocycles. The Hall–Kier alpha value is -0.195. The predicted molar refractivity (Wildman–Crippen MR) is 36.9 cm³/mol. The molecule has 0 fully saturated rings. The second-order valence-electron chi connectivity index (χ2n) is 2.08. The quantitative estimate of drug-likeness (QED) is 0.462. The van der Waals surface area contributed by atoms with Crippen molar-refractivity contribution in [2.75, 3.05) is 0 Å². The molecule has 0 radical (unpaired) electrons. The Labute approximate surface area is 46.7 Å². The van der Waals surface area contributed by atoms with E-state index in [1.54, 1.807) is 0 Å². The van der Waals surface area contributed by atoms with Crippen molar-refractivity contribution in [1.29, 1.82) is 0 Å². The van der Waals surface area contributed by atoms with Gasteiger partial charge >= 0.3 is 0 Å². The molecule has 0 aliphatic heterocycles. The van der Waals surface area contributed by atoms with Gasteiger partial charge in [0.25, 0.3) is 0 Å². The standard InChI is InChI=1S/C6H13B/c1-4-5-6-7(2)3/h5-6H,4H2,1-3H3/b6-5-. The molecule has 0 aliphatic rings. The van der Waals surface area contributed by atoms with Crippen LogP contribution in [0.25, 0.3) is 0 Å². The zero-order valence-corrected chi connectivity index (χ0v) is 5.44. The molecule has 0 aromatic carbocycles. The van der Waals surface area contributed by atoms with Gasteiger partial charge in [-0.05, 0) is 6.42 Å². The normalized spacial score (nSPS) is 10.1.